The summed E-state index contributed by atoms with van der Waals surface area (Å²) in [5.74, 6) is -0.224. The monoisotopic (exact) mass is 227 g/mol. The molecule has 0 radical (unpaired) electrons. The van der Waals surface area contributed by atoms with Gasteiger partial charge in [-0.15, -0.1) is 11.3 Å². The maximum atomic E-state index is 11.6. The fraction of sp³-hybridized carbons (Fsp3) is 0.545. The van der Waals surface area contributed by atoms with Crippen molar-refractivity contribution in [1.82, 2.24) is 5.32 Å². The van der Waals surface area contributed by atoms with Crippen LogP contribution in [-0.4, -0.2) is 19.1 Å². The summed E-state index contributed by atoms with van der Waals surface area (Å²) in [5, 5.41) is 5.22. The van der Waals surface area contributed by atoms with E-state index in [0.29, 0.717) is 6.04 Å². The van der Waals surface area contributed by atoms with Crippen LogP contribution in [0.5, 0.6) is 0 Å². The number of methoxy groups -OCH3 is 1. The molecule has 3 nitrogen and oxygen atoms in total. The van der Waals surface area contributed by atoms with E-state index >= 15 is 0 Å². The van der Waals surface area contributed by atoms with E-state index in [1.165, 1.54) is 7.11 Å². The molecule has 1 heterocycles. The van der Waals surface area contributed by atoms with Crippen LogP contribution in [0.2, 0.25) is 0 Å². The minimum atomic E-state index is -0.329. The van der Waals surface area contributed by atoms with Gasteiger partial charge in [-0.3, -0.25) is 5.32 Å². The molecule has 0 amide bonds. The van der Waals surface area contributed by atoms with Gasteiger partial charge >= 0.3 is 5.97 Å². The highest BCUT2D eigenvalue weighted by Gasteiger charge is 2.23. The molecule has 0 aromatic carbocycles. The fourth-order valence-electron chi connectivity index (χ4n) is 1.24. The van der Waals surface area contributed by atoms with Crippen molar-refractivity contribution in [1.29, 1.82) is 0 Å². The summed E-state index contributed by atoms with van der Waals surface area (Å²) in [6, 6.07) is 3.86. The zero-order valence-electron chi connectivity index (χ0n) is 9.32. The molecule has 15 heavy (non-hydrogen) atoms. The first-order chi connectivity index (χ1) is 7.19. The first kappa shape index (κ1) is 12.2. The third-order valence-corrected chi connectivity index (χ3v) is 3.27. The molecule has 2 atom stereocenters. The van der Waals surface area contributed by atoms with Gasteiger partial charge in [0.25, 0.3) is 0 Å². The molecule has 0 bridgehead atoms. The molecule has 0 saturated heterocycles. The molecular weight excluding hydrogens is 210 g/mol. The van der Waals surface area contributed by atoms with E-state index in [2.05, 4.69) is 19.2 Å². The van der Waals surface area contributed by atoms with E-state index in [1.54, 1.807) is 11.3 Å². The lowest BCUT2D eigenvalue weighted by Crippen LogP contribution is -2.35. The number of thiophene rings is 1. The molecule has 0 aliphatic carbocycles. The van der Waals surface area contributed by atoms with Crippen LogP contribution in [0.25, 0.3) is 0 Å². The van der Waals surface area contributed by atoms with Crippen LogP contribution in [0.1, 0.15) is 31.2 Å². The summed E-state index contributed by atoms with van der Waals surface area (Å²) in [4.78, 5) is 12.6. The Morgan fingerprint density at radius 2 is 2.40 bits per heavy atom. The molecule has 0 saturated carbocycles. The standard InChI is InChI=1S/C11H17NO2S/c1-4-8(2)12-10(11(13)14-3)9-6-5-7-15-9/h5-8,10,12H,4H2,1-3H3. The number of carbonyl (C=O) groups excluding carboxylic acids is 1. The zero-order valence-corrected chi connectivity index (χ0v) is 10.1. The minimum Gasteiger partial charge on any atom is -0.468 e. The lowest BCUT2D eigenvalue weighted by molar-refractivity contribution is -0.143. The molecule has 1 N–H and O–H groups in total. The highest BCUT2D eigenvalue weighted by Crippen LogP contribution is 2.20. The molecule has 1 aromatic heterocycles. The van der Waals surface area contributed by atoms with E-state index in [-0.39, 0.29) is 12.0 Å². The fourth-order valence-corrected chi connectivity index (χ4v) is 2.01. The van der Waals surface area contributed by atoms with Gasteiger partial charge in [0, 0.05) is 10.9 Å². The van der Waals surface area contributed by atoms with Crippen LogP contribution in [0, 0.1) is 0 Å². The van der Waals surface area contributed by atoms with Gasteiger partial charge in [-0.1, -0.05) is 13.0 Å². The van der Waals surface area contributed by atoms with Crippen molar-refractivity contribution in [3.63, 3.8) is 0 Å². The second-order valence-corrected chi connectivity index (χ2v) is 4.43. The maximum absolute atomic E-state index is 11.6. The highest BCUT2D eigenvalue weighted by molar-refractivity contribution is 7.10. The van der Waals surface area contributed by atoms with Crippen LogP contribution >= 0.6 is 11.3 Å². The van der Waals surface area contributed by atoms with Gasteiger partial charge in [-0.05, 0) is 24.8 Å². The van der Waals surface area contributed by atoms with Gasteiger partial charge in [0.05, 0.1) is 7.11 Å². The van der Waals surface area contributed by atoms with Gasteiger partial charge in [-0.25, -0.2) is 4.79 Å². The predicted octanol–water partition coefficient (Wildman–Crippen LogP) is 2.35. The number of hydrogen-bond acceptors (Lipinski definition) is 4. The molecule has 0 aliphatic rings. The molecule has 0 spiro atoms. The molecule has 0 fully saturated rings. The molecule has 1 aromatic rings. The number of carbonyl (C=O) groups is 1. The minimum absolute atomic E-state index is 0.224. The maximum Gasteiger partial charge on any atom is 0.328 e. The Morgan fingerprint density at radius 3 is 2.87 bits per heavy atom. The Bertz CT molecular complexity index is 298. The first-order valence-electron chi connectivity index (χ1n) is 5.06. The second kappa shape index (κ2) is 5.88. The molecule has 84 valence electrons. The zero-order chi connectivity index (χ0) is 11.3. The Hall–Kier alpha value is -0.870. The Morgan fingerprint density at radius 1 is 1.67 bits per heavy atom. The average Bonchev–Trinajstić information content (AvgIpc) is 2.77. The predicted molar refractivity (Wildman–Crippen MR) is 62.0 cm³/mol. The van der Waals surface area contributed by atoms with Crippen LogP contribution in [0.15, 0.2) is 17.5 Å². The van der Waals surface area contributed by atoms with E-state index in [4.69, 9.17) is 4.74 Å². The van der Waals surface area contributed by atoms with Gasteiger partial charge in [-0.2, -0.15) is 0 Å². The van der Waals surface area contributed by atoms with E-state index < -0.39 is 0 Å². The summed E-state index contributed by atoms with van der Waals surface area (Å²) in [6.07, 6.45) is 0.985. The lowest BCUT2D eigenvalue weighted by atomic mass is 10.2. The van der Waals surface area contributed by atoms with Crippen molar-refractivity contribution in [3.05, 3.63) is 22.4 Å². The second-order valence-electron chi connectivity index (χ2n) is 3.45. The number of hydrogen-bond donors (Lipinski definition) is 1. The number of nitrogens with one attached hydrogen (secondary N) is 1. The van der Waals surface area contributed by atoms with Crippen molar-refractivity contribution in [2.45, 2.75) is 32.4 Å². The van der Waals surface area contributed by atoms with Crippen LogP contribution in [0.3, 0.4) is 0 Å². The van der Waals surface area contributed by atoms with Crippen molar-refractivity contribution in [2.75, 3.05) is 7.11 Å². The molecule has 0 aliphatic heterocycles. The van der Waals surface area contributed by atoms with Crippen molar-refractivity contribution in [3.8, 4) is 0 Å². The van der Waals surface area contributed by atoms with Gasteiger partial charge < -0.3 is 4.74 Å². The van der Waals surface area contributed by atoms with Crippen molar-refractivity contribution >= 4 is 17.3 Å². The molecule has 2 unspecified atom stereocenters. The third kappa shape index (κ3) is 3.32. The highest BCUT2D eigenvalue weighted by atomic mass is 32.1. The Kier molecular flexibility index (Phi) is 4.78. The normalized spacial score (nSPS) is 14.6. The van der Waals surface area contributed by atoms with Crippen LogP contribution < -0.4 is 5.32 Å². The molecule has 1 rings (SSSR count). The summed E-state index contributed by atoms with van der Waals surface area (Å²) in [6.45, 7) is 4.14. The SMILES string of the molecule is CCC(C)NC(C(=O)OC)c1cccs1. The smallest absolute Gasteiger partial charge is 0.328 e. The first-order valence-corrected chi connectivity index (χ1v) is 5.94. The van der Waals surface area contributed by atoms with E-state index in [0.717, 1.165) is 11.3 Å². The van der Waals surface area contributed by atoms with Crippen molar-refractivity contribution in [2.24, 2.45) is 0 Å². The number of esters is 1. The summed E-state index contributed by atoms with van der Waals surface area (Å²) >= 11 is 1.56. The summed E-state index contributed by atoms with van der Waals surface area (Å²) < 4.78 is 4.79. The molecule has 4 heteroatoms. The van der Waals surface area contributed by atoms with Gasteiger partial charge in [0.1, 0.15) is 6.04 Å². The lowest BCUT2D eigenvalue weighted by Gasteiger charge is -2.19. The molecular formula is C11H17NO2S. The number of rotatable bonds is 5. The topological polar surface area (TPSA) is 38.3 Å². The third-order valence-electron chi connectivity index (χ3n) is 2.33. The van der Waals surface area contributed by atoms with Crippen LogP contribution in [-0.2, 0) is 9.53 Å². The van der Waals surface area contributed by atoms with E-state index in [1.807, 2.05) is 17.5 Å². The van der Waals surface area contributed by atoms with E-state index in [9.17, 15) is 4.79 Å². The summed E-state index contributed by atoms with van der Waals surface area (Å²) in [7, 11) is 1.42. The summed E-state index contributed by atoms with van der Waals surface area (Å²) in [5.41, 5.74) is 0. The van der Waals surface area contributed by atoms with Gasteiger partial charge in [0.15, 0.2) is 0 Å². The van der Waals surface area contributed by atoms with Crippen LogP contribution in [0.4, 0.5) is 0 Å². The van der Waals surface area contributed by atoms with Gasteiger partial charge in [0.2, 0.25) is 0 Å². The average molecular weight is 227 g/mol. The largest absolute Gasteiger partial charge is 0.468 e. The quantitative estimate of drug-likeness (QED) is 0.785. The Balaban J connectivity index is 2.75. The van der Waals surface area contributed by atoms with Crippen molar-refractivity contribution < 1.29 is 9.53 Å². The Labute approximate surface area is 94.5 Å². The number of ether oxygens (including phenoxy) is 1.